The zero-order chi connectivity index (χ0) is 23.5. The summed E-state index contributed by atoms with van der Waals surface area (Å²) in [4.78, 5) is 23.2. The van der Waals surface area contributed by atoms with Crippen LogP contribution in [0.25, 0.3) is 0 Å². The molecule has 0 atom stereocenters. The minimum Gasteiger partial charge on any atom is -0.497 e. The molecule has 0 spiro atoms. The van der Waals surface area contributed by atoms with E-state index in [0.29, 0.717) is 0 Å². The highest BCUT2D eigenvalue weighted by atomic mass is 16.5. The first-order valence-corrected chi connectivity index (χ1v) is 10.1. The van der Waals surface area contributed by atoms with Crippen LogP contribution in [0.1, 0.15) is 11.1 Å². The molecule has 32 heavy (non-hydrogen) atoms. The number of carbonyl (C=O) groups is 2. The lowest BCUT2D eigenvalue weighted by Crippen LogP contribution is -2.45. The fourth-order valence-corrected chi connectivity index (χ4v) is 3.36. The molecule has 0 aromatic heterocycles. The number of rotatable bonds is 7. The van der Waals surface area contributed by atoms with Crippen molar-refractivity contribution in [3.05, 3.63) is 53.6 Å². The lowest BCUT2D eigenvalue weighted by Gasteiger charge is -2.35. The van der Waals surface area contributed by atoms with Crippen molar-refractivity contribution >= 4 is 11.9 Å². The van der Waals surface area contributed by atoms with Crippen LogP contribution in [0.2, 0.25) is 0 Å². The maximum Gasteiger partial charge on any atom is 0.414 e. The second kappa shape index (κ2) is 12.5. The van der Waals surface area contributed by atoms with E-state index in [9.17, 15) is 0 Å². The molecule has 0 radical (unpaired) electrons. The molecule has 1 aliphatic heterocycles. The number of methoxy groups -OCH3 is 3. The van der Waals surface area contributed by atoms with Crippen LogP contribution in [0.15, 0.2) is 42.5 Å². The molecule has 3 rings (SSSR count). The number of piperazine rings is 1. The minimum absolute atomic E-state index is 0.828. The fraction of sp³-hybridized carbons (Fsp3) is 0.391. The molecule has 1 saturated heterocycles. The number of carboxylic acid groups (broad SMARTS) is 2. The topological polar surface area (TPSA) is 109 Å². The molecule has 2 aromatic carbocycles. The van der Waals surface area contributed by atoms with Crippen LogP contribution in [-0.4, -0.2) is 79.5 Å². The predicted molar refractivity (Wildman–Crippen MR) is 118 cm³/mol. The highest BCUT2D eigenvalue weighted by Crippen LogP contribution is 2.26. The standard InChI is InChI=1S/C21H28N2O3.C2H2O4/c1-24-19-6-4-5-17(13-19)15-22-9-11-23(12-10-22)16-18-7-8-20(25-2)14-21(18)26-3;3-1(4)2(5)6/h4-8,13-14H,9-12,15-16H2,1-3H3;(H,3,4)(H,5,6). The van der Waals surface area contributed by atoms with Gasteiger partial charge in [-0.05, 0) is 23.8 Å². The van der Waals surface area contributed by atoms with Crippen LogP contribution in [0.4, 0.5) is 0 Å². The maximum absolute atomic E-state index is 9.10. The van der Waals surface area contributed by atoms with Gasteiger partial charge in [0.2, 0.25) is 0 Å². The van der Waals surface area contributed by atoms with E-state index in [1.54, 1.807) is 21.3 Å². The molecular formula is C23H30N2O7. The third kappa shape index (κ3) is 7.75. The largest absolute Gasteiger partial charge is 0.497 e. The summed E-state index contributed by atoms with van der Waals surface area (Å²) in [5, 5.41) is 14.8. The van der Waals surface area contributed by atoms with Gasteiger partial charge in [-0.2, -0.15) is 0 Å². The van der Waals surface area contributed by atoms with E-state index in [4.69, 9.17) is 34.0 Å². The molecule has 9 heteroatoms. The van der Waals surface area contributed by atoms with Gasteiger partial charge < -0.3 is 24.4 Å². The number of hydrogen-bond donors (Lipinski definition) is 2. The Hall–Kier alpha value is -3.30. The van der Waals surface area contributed by atoms with Gasteiger partial charge in [-0.25, -0.2) is 9.59 Å². The normalized spacial score (nSPS) is 14.1. The zero-order valence-corrected chi connectivity index (χ0v) is 18.6. The molecule has 1 aliphatic rings. The van der Waals surface area contributed by atoms with Crippen molar-refractivity contribution in [2.24, 2.45) is 0 Å². The third-order valence-electron chi connectivity index (χ3n) is 5.08. The van der Waals surface area contributed by atoms with Crippen molar-refractivity contribution in [1.82, 2.24) is 9.80 Å². The number of hydrogen-bond acceptors (Lipinski definition) is 7. The van der Waals surface area contributed by atoms with E-state index in [-0.39, 0.29) is 0 Å². The lowest BCUT2D eigenvalue weighted by atomic mass is 10.1. The van der Waals surface area contributed by atoms with Gasteiger partial charge in [0.05, 0.1) is 21.3 Å². The molecule has 1 fully saturated rings. The monoisotopic (exact) mass is 446 g/mol. The van der Waals surface area contributed by atoms with Crippen LogP contribution < -0.4 is 14.2 Å². The van der Waals surface area contributed by atoms with Gasteiger partial charge in [-0.3, -0.25) is 9.80 Å². The first kappa shape index (κ1) is 25.0. The van der Waals surface area contributed by atoms with E-state index in [0.717, 1.165) is 56.5 Å². The highest BCUT2D eigenvalue weighted by Gasteiger charge is 2.18. The average Bonchev–Trinajstić information content (AvgIpc) is 2.81. The van der Waals surface area contributed by atoms with Crippen LogP contribution in [0.3, 0.4) is 0 Å². The second-order valence-corrected chi connectivity index (χ2v) is 7.19. The molecule has 1 heterocycles. The molecule has 2 N–H and O–H groups in total. The molecule has 0 unspecified atom stereocenters. The first-order chi connectivity index (χ1) is 15.4. The summed E-state index contributed by atoms with van der Waals surface area (Å²) in [5.41, 5.74) is 2.50. The Bertz CT molecular complexity index is 884. The number of nitrogens with zero attached hydrogens (tertiary/aromatic N) is 2. The highest BCUT2D eigenvalue weighted by molar-refractivity contribution is 6.27. The van der Waals surface area contributed by atoms with Crippen molar-refractivity contribution in [1.29, 1.82) is 0 Å². The Morgan fingerprint density at radius 1 is 0.781 bits per heavy atom. The van der Waals surface area contributed by atoms with E-state index in [1.165, 1.54) is 11.1 Å². The molecule has 0 saturated carbocycles. The van der Waals surface area contributed by atoms with Gasteiger partial charge in [0, 0.05) is 50.9 Å². The van der Waals surface area contributed by atoms with Gasteiger partial charge in [0.15, 0.2) is 0 Å². The zero-order valence-electron chi connectivity index (χ0n) is 18.6. The fourth-order valence-electron chi connectivity index (χ4n) is 3.36. The average molecular weight is 447 g/mol. The van der Waals surface area contributed by atoms with Crippen LogP contribution in [0, 0.1) is 0 Å². The molecular weight excluding hydrogens is 416 g/mol. The number of carboxylic acids is 2. The summed E-state index contributed by atoms with van der Waals surface area (Å²) >= 11 is 0. The Morgan fingerprint density at radius 2 is 1.34 bits per heavy atom. The van der Waals surface area contributed by atoms with Crippen molar-refractivity contribution in [3.63, 3.8) is 0 Å². The Balaban J connectivity index is 0.000000534. The van der Waals surface area contributed by atoms with Gasteiger partial charge in [-0.15, -0.1) is 0 Å². The van der Waals surface area contributed by atoms with E-state index in [1.807, 2.05) is 18.2 Å². The molecule has 0 aliphatic carbocycles. The van der Waals surface area contributed by atoms with Crippen molar-refractivity contribution < 1.29 is 34.0 Å². The predicted octanol–water partition coefficient (Wildman–Crippen LogP) is 2.19. The summed E-state index contributed by atoms with van der Waals surface area (Å²) < 4.78 is 16.1. The van der Waals surface area contributed by atoms with Crippen molar-refractivity contribution in [3.8, 4) is 17.2 Å². The molecule has 0 bridgehead atoms. The quantitative estimate of drug-likeness (QED) is 0.619. The van der Waals surface area contributed by atoms with Gasteiger partial charge in [-0.1, -0.05) is 18.2 Å². The molecule has 174 valence electrons. The summed E-state index contributed by atoms with van der Waals surface area (Å²) in [7, 11) is 5.10. The Morgan fingerprint density at radius 3 is 1.88 bits per heavy atom. The van der Waals surface area contributed by atoms with E-state index in [2.05, 4.69) is 34.1 Å². The van der Waals surface area contributed by atoms with Gasteiger partial charge in [0.1, 0.15) is 17.2 Å². The first-order valence-electron chi connectivity index (χ1n) is 10.1. The minimum atomic E-state index is -1.82. The van der Waals surface area contributed by atoms with Crippen molar-refractivity contribution in [2.75, 3.05) is 47.5 Å². The third-order valence-corrected chi connectivity index (χ3v) is 5.08. The second-order valence-electron chi connectivity index (χ2n) is 7.19. The Kier molecular flexibility index (Phi) is 9.77. The summed E-state index contributed by atoms with van der Waals surface area (Å²) in [6, 6.07) is 14.4. The van der Waals surface area contributed by atoms with Crippen LogP contribution in [0.5, 0.6) is 17.2 Å². The van der Waals surface area contributed by atoms with Gasteiger partial charge in [0.25, 0.3) is 0 Å². The molecule has 0 amide bonds. The smallest absolute Gasteiger partial charge is 0.414 e. The SMILES string of the molecule is COc1cccc(CN2CCN(Cc3ccc(OC)cc3OC)CC2)c1.O=C(O)C(=O)O. The van der Waals surface area contributed by atoms with Gasteiger partial charge >= 0.3 is 11.9 Å². The van der Waals surface area contributed by atoms with Crippen LogP contribution >= 0.6 is 0 Å². The van der Waals surface area contributed by atoms with E-state index >= 15 is 0 Å². The van der Waals surface area contributed by atoms with E-state index < -0.39 is 11.9 Å². The number of ether oxygens (including phenoxy) is 3. The summed E-state index contributed by atoms with van der Waals surface area (Å²) in [6.07, 6.45) is 0. The lowest BCUT2D eigenvalue weighted by molar-refractivity contribution is -0.159. The number of benzene rings is 2. The Labute approximate surface area is 187 Å². The summed E-state index contributed by atoms with van der Waals surface area (Å²) in [5.74, 6) is -1.00. The molecule has 9 nitrogen and oxygen atoms in total. The summed E-state index contributed by atoms with van der Waals surface area (Å²) in [6.45, 7) is 6.11. The van der Waals surface area contributed by atoms with Crippen molar-refractivity contribution in [2.45, 2.75) is 13.1 Å². The molecule has 2 aromatic rings. The number of aliphatic carboxylic acids is 2. The van der Waals surface area contributed by atoms with Crippen LogP contribution in [-0.2, 0) is 22.7 Å². The maximum atomic E-state index is 9.10.